The molecule has 180 valence electrons. The molecule has 0 aliphatic heterocycles. The van der Waals surface area contributed by atoms with E-state index in [9.17, 15) is 14.0 Å². The van der Waals surface area contributed by atoms with E-state index in [4.69, 9.17) is 4.74 Å². The van der Waals surface area contributed by atoms with Gasteiger partial charge in [-0.25, -0.2) is 4.39 Å². The molecule has 0 N–H and O–H groups in total. The molecule has 0 radical (unpaired) electrons. The van der Waals surface area contributed by atoms with E-state index in [2.05, 4.69) is 0 Å². The molecule has 1 aromatic heterocycles. The maximum absolute atomic E-state index is 13.8. The van der Waals surface area contributed by atoms with Crippen molar-refractivity contribution < 1.29 is 18.7 Å². The van der Waals surface area contributed by atoms with Crippen LogP contribution in [0.25, 0.3) is 0 Å². The molecule has 0 saturated heterocycles. The molecular formula is C27H31FN2O3S. The molecule has 0 aliphatic rings. The van der Waals surface area contributed by atoms with E-state index in [1.165, 1.54) is 23.1 Å². The fraction of sp³-hybridized carbons (Fsp3) is 0.333. The van der Waals surface area contributed by atoms with Crippen LogP contribution in [0, 0.1) is 12.7 Å². The average molecular weight is 483 g/mol. The molecule has 0 saturated carbocycles. The molecule has 3 rings (SSSR count). The van der Waals surface area contributed by atoms with E-state index < -0.39 is 5.82 Å². The average Bonchev–Trinajstić information content (AvgIpc) is 3.25. The minimum Gasteiger partial charge on any atom is -0.382 e. The number of rotatable bonds is 12. The molecule has 0 bridgehead atoms. The van der Waals surface area contributed by atoms with Crippen LogP contribution in [0.2, 0.25) is 0 Å². The molecule has 3 aromatic rings. The number of nitrogens with zero attached hydrogens (tertiary/aromatic N) is 2. The van der Waals surface area contributed by atoms with Crippen LogP contribution in [0.1, 0.15) is 39.7 Å². The zero-order valence-corrected chi connectivity index (χ0v) is 20.5. The summed E-state index contributed by atoms with van der Waals surface area (Å²) in [7, 11) is 0. The van der Waals surface area contributed by atoms with Crippen LogP contribution in [-0.2, 0) is 22.6 Å². The van der Waals surface area contributed by atoms with Gasteiger partial charge in [0, 0.05) is 36.7 Å². The molecule has 0 spiro atoms. The number of hydrogen-bond donors (Lipinski definition) is 0. The molecule has 5 nitrogen and oxygen atoms in total. The van der Waals surface area contributed by atoms with Crippen molar-refractivity contribution in [1.29, 1.82) is 0 Å². The minimum atomic E-state index is -0.481. The highest BCUT2D eigenvalue weighted by Crippen LogP contribution is 2.20. The Labute approximate surface area is 204 Å². The first-order valence-electron chi connectivity index (χ1n) is 11.4. The van der Waals surface area contributed by atoms with Gasteiger partial charge >= 0.3 is 0 Å². The second kappa shape index (κ2) is 13.0. The summed E-state index contributed by atoms with van der Waals surface area (Å²) >= 11 is 1.62. The molecule has 2 amide bonds. The van der Waals surface area contributed by atoms with E-state index >= 15 is 0 Å². The highest BCUT2D eigenvalue weighted by molar-refractivity contribution is 7.10. The number of hydrogen-bond acceptors (Lipinski definition) is 4. The lowest BCUT2D eigenvalue weighted by Gasteiger charge is -2.28. The predicted molar refractivity (Wildman–Crippen MR) is 133 cm³/mol. The Balaban J connectivity index is 1.80. The smallest absolute Gasteiger partial charge is 0.254 e. The molecule has 1 heterocycles. The largest absolute Gasteiger partial charge is 0.382 e. The summed E-state index contributed by atoms with van der Waals surface area (Å²) in [5.41, 5.74) is 2.39. The third-order valence-electron chi connectivity index (χ3n) is 5.48. The number of benzene rings is 2. The van der Waals surface area contributed by atoms with Crippen LogP contribution in [-0.4, -0.2) is 47.9 Å². The SMILES string of the molecule is CCOCCCN(CC(=O)N(Cc1ccccc1)Cc1sccc1C)C(=O)c1cccc(F)c1. The Morgan fingerprint density at radius 2 is 1.79 bits per heavy atom. The molecular weight excluding hydrogens is 451 g/mol. The normalized spacial score (nSPS) is 10.8. The van der Waals surface area contributed by atoms with Gasteiger partial charge in [-0.1, -0.05) is 36.4 Å². The van der Waals surface area contributed by atoms with Crippen molar-refractivity contribution in [1.82, 2.24) is 9.80 Å². The molecule has 34 heavy (non-hydrogen) atoms. The first kappa shape index (κ1) is 25.6. The second-order valence-corrected chi connectivity index (χ2v) is 9.05. The lowest BCUT2D eigenvalue weighted by atomic mass is 10.1. The second-order valence-electron chi connectivity index (χ2n) is 8.05. The van der Waals surface area contributed by atoms with Crippen molar-refractivity contribution in [3.63, 3.8) is 0 Å². The van der Waals surface area contributed by atoms with Crippen molar-refractivity contribution in [3.05, 3.63) is 93.4 Å². The van der Waals surface area contributed by atoms with Gasteiger partial charge in [-0.3, -0.25) is 9.59 Å². The van der Waals surface area contributed by atoms with E-state index in [1.54, 1.807) is 22.3 Å². The fourth-order valence-electron chi connectivity index (χ4n) is 3.60. The molecule has 0 unspecified atom stereocenters. The van der Waals surface area contributed by atoms with Crippen molar-refractivity contribution >= 4 is 23.2 Å². The van der Waals surface area contributed by atoms with Gasteiger partial charge in [0.2, 0.25) is 5.91 Å². The van der Waals surface area contributed by atoms with E-state index in [1.807, 2.05) is 55.6 Å². The monoisotopic (exact) mass is 482 g/mol. The van der Waals surface area contributed by atoms with E-state index in [-0.39, 0.29) is 23.9 Å². The molecule has 0 atom stereocenters. The maximum Gasteiger partial charge on any atom is 0.254 e. The summed E-state index contributed by atoms with van der Waals surface area (Å²) in [4.78, 5) is 31.1. The predicted octanol–water partition coefficient (Wildman–Crippen LogP) is 5.29. The fourth-order valence-corrected chi connectivity index (χ4v) is 4.52. The quantitative estimate of drug-likeness (QED) is 0.330. The Morgan fingerprint density at radius 1 is 1.00 bits per heavy atom. The van der Waals surface area contributed by atoms with Crippen LogP contribution < -0.4 is 0 Å². The summed E-state index contributed by atoms with van der Waals surface area (Å²) < 4.78 is 19.2. The van der Waals surface area contributed by atoms with Gasteiger partial charge in [0.1, 0.15) is 12.4 Å². The Hall–Kier alpha value is -3.03. The molecule has 0 fully saturated rings. The Bertz CT molecular complexity index is 1070. The zero-order valence-electron chi connectivity index (χ0n) is 19.7. The van der Waals surface area contributed by atoms with Crippen molar-refractivity contribution in [3.8, 4) is 0 Å². The first-order valence-corrected chi connectivity index (χ1v) is 12.3. The molecule has 2 aromatic carbocycles. The summed E-state index contributed by atoms with van der Waals surface area (Å²) in [5, 5.41) is 2.02. The summed E-state index contributed by atoms with van der Waals surface area (Å²) in [6, 6.07) is 17.4. The maximum atomic E-state index is 13.8. The van der Waals surface area contributed by atoms with Gasteiger partial charge in [0.25, 0.3) is 5.91 Å². The number of ether oxygens (including phenoxy) is 1. The topological polar surface area (TPSA) is 49.9 Å². The number of thiophene rings is 1. The third-order valence-corrected chi connectivity index (χ3v) is 6.49. The van der Waals surface area contributed by atoms with Gasteiger partial charge in [0.05, 0.1) is 6.54 Å². The van der Waals surface area contributed by atoms with Gasteiger partial charge in [-0.15, -0.1) is 11.3 Å². The van der Waals surface area contributed by atoms with Crippen LogP contribution in [0.15, 0.2) is 66.0 Å². The lowest BCUT2D eigenvalue weighted by molar-refractivity contribution is -0.133. The van der Waals surface area contributed by atoms with E-state index in [0.717, 1.165) is 16.0 Å². The van der Waals surface area contributed by atoms with Crippen LogP contribution in [0.4, 0.5) is 4.39 Å². The van der Waals surface area contributed by atoms with Gasteiger partial charge in [-0.05, 0) is 61.0 Å². The van der Waals surface area contributed by atoms with E-state index in [0.29, 0.717) is 39.3 Å². The van der Waals surface area contributed by atoms with Gasteiger partial charge < -0.3 is 14.5 Å². The summed E-state index contributed by atoms with van der Waals surface area (Å²) in [5.74, 6) is -1.00. The molecule has 7 heteroatoms. The van der Waals surface area contributed by atoms with Crippen LogP contribution in [0.5, 0.6) is 0 Å². The zero-order chi connectivity index (χ0) is 24.3. The highest BCUT2D eigenvalue weighted by atomic mass is 32.1. The standard InChI is InChI=1S/C27H31FN2O3S/c1-3-33-15-8-14-29(27(32)23-11-7-12-24(28)17-23)20-26(31)30(18-22-9-5-4-6-10-22)19-25-21(2)13-16-34-25/h4-7,9-13,16-17H,3,8,14-15,18-20H2,1-2H3. The first-order chi connectivity index (χ1) is 16.5. The minimum absolute atomic E-state index is 0.0846. The Kier molecular flexibility index (Phi) is 9.79. The number of amides is 2. The lowest BCUT2D eigenvalue weighted by Crippen LogP contribution is -2.43. The third kappa shape index (κ3) is 7.50. The van der Waals surface area contributed by atoms with Gasteiger partial charge in [0.15, 0.2) is 0 Å². The Morgan fingerprint density at radius 3 is 2.47 bits per heavy atom. The number of aryl methyl sites for hydroxylation is 1. The number of halogens is 1. The number of carbonyl (C=O) groups is 2. The molecule has 0 aliphatic carbocycles. The van der Waals surface area contributed by atoms with Crippen LogP contribution in [0.3, 0.4) is 0 Å². The van der Waals surface area contributed by atoms with Gasteiger partial charge in [-0.2, -0.15) is 0 Å². The highest BCUT2D eigenvalue weighted by Gasteiger charge is 2.23. The van der Waals surface area contributed by atoms with Crippen molar-refractivity contribution in [2.75, 3.05) is 26.3 Å². The van der Waals surface area contributed by atoms with Crippen molar-refractivity contribution in [2.45, 2.75) is 33.4 Å². The number of carbonyl (C=O) groups excluding carboxylic acids is 2. The summed E-state index contributed by atoms with van der Waals surface area (Å²) in [6.45, 7) is 6.19. The van der Waals surface area contributed by atoms with Crippen molar-refractivity contribution in [2.24, 2.45) is 0 Å². The van der Waals surface area contributed by atoms with Crippen LogP contribution >= 0.6 is 11.3 Å². The summed E-state index contributed by atoms with van der Waals surface area (Å²) in [6.07, 6.45) is 0.588.